The molecule has 1 heterocycles. The van der Waals surface area contributed by atoms with Crippen LogP contribution in [0.2, 0.25) is 0 Å². The van der Waals surface area contributed by atoms with E-state index in [0.29, 0.717) is 0 Å². The van der Waals surface area contributed by atoms with Crippen molar-refractivity contribution in [3.63, 3.8) is 0 Å². The Labute approximate surface area is 94.8 Å². The number of aromatic nitrogens is 1. The van der Waals surface area contributed by atoms with Crippen molar-refractivity contribution in [2.24, 2.45) is 0 Å². The molecule has 1 rings (SSSR count). The van der Waals surface area contributed by atoms with Gasteiger partial charge in [0.2, 0.25) is 5.95 Å². The summed E-state index contributed by atoms with van der Waals surface area (Å²) in [6.45, 7) is 0. The van der Waals surface area contributed by atoms with E-state index in [1.807, 2.05) is 0 Å². The number of ether oxygens (including phenoxy) is 1. The molecule has 0 atom stereocenters. The molecule has 100 valence electrons. The quantitative estimate of drug-likeness (QED) is 0.680. The third kappa shape index (κ3) is 3.02. The van der Waals surface area contributed by atoms with Gasteiger partial charge in [-0.25, -0.2) is 18.6 Å². The van der Waals surface area contributed by atoms with Gasteiger partial charge in [-0.05, 0) is 0 Å². The minimum Gasteiger partial charge on any atom is -0.477 e. The summed E-state index contributed by atoms with van der Waals surface area (Å²) in [5.41, 5.74) is -3.17. The number of carboxylic acid groups (broad SMARTS) is 1. The van der Waals surface area contributed by atoms with Crippen LogP contribution in [0.15, 0.2) is 6.20 Å². The van der Waals surface area contributed by atoms with Crippen LogP contribution in [0.3, 0.4) is 0 Å². The monoisotopic (exact) mass is 275 g/mol. The van der Waals surface area contributed by atoms with Gasteiger partial charge < -0.3 is 9.84 Å². The Morgan fingerprint density at radius 3 is 2.33 bits per heavy atom. The molecule has 0 spiro atoms. The molecule has 0 fully saturated rings. The Balaban J connectivity index is 3.48. The Morgan fingerprint density at radius 2 is 1.94 bits per heavy atom. The summed E-state index contributed by atoms with van der Waals surface area (Å²) < 4.78 is 76.7. The van der Waals surface area contributed by atoms with Crippen LogP contribution >= 0.6 is 0 Å². The fraction of sp³-hybridized carbons (Fsp3) is 0.250. The lowest BCUT2D eigenvalue weighted by Crippen LogP contribution is -2.21. The zero-order valence-electron chi connectivity index (χ0n) is 8.13. The van der Waals surface area contributed by atoms with Crippen molar-refractivity contribution < 1.29 is 41.0 Å². The second-order valence-electron chi connectivity index (χ2n) is 2.86. The molecule has 0 saturated heterocycles. The Kier molecular flexibility index (Phi) is 3.67. The number of hydrogen-bond donors (Lipinski definition) is 1. The number of carbonyl (C=O) groups is 1. The average Bonchev–Trinajstić information content (AvgIpc) is 2.13. The molecule has 0 aromatic carbocycles. The van der Waals surface area contributed by atoms with Crippen LogP contribution in [0.5, 0.6) is 5.75 Å². The minimum atomic E-state index is -5.44. The van der Waals surface area contributed by atoms with E-state index in [9.17, 15) is 31.1 Å². The van der Waals surface area contributed by atoms with Gasteiger partial charge in [-0.15, -0.1) is 13.2 Å². The Morgan fingerprint density at radius 1 is 1.39 bits per heavy atom. The van der Waals surface area contributed by atoms with Crippen LogP contribution in [0.1, 0.15) is 22.3 Å². The molecular formula is C8H3F6NO3. The molecule has 0 radical (unpaired) electrons. The Bertz CT molecular complexity index is 473. The topological polar surface area (TPSA) is 59.4 Å². The van der Waals surface area contributed by atoms with E-state index in [1.165, 1.54) is 0 Å². The summed E-state index contributed by atoms with van der Waals surface area (Å²) in [7, 11) is 0. The van der Waals surface area contributed by atoms with Gasteiger partial charge in [-0.2, -0.15) is 4.39 Å². The van der Waals surface area contributed by atoms with Crippen molar-refractivity contribution >= 4 is 5.97 Å². The van der Waals surface area contributed by atoms with Gasteiger partial charge in [0.25, 0.3) is 6.43 Å². The highest BCUT2D eigenvalue weighted by Crippen LogP contribution is 2.36. The molecule has 1 aromatic rings. The van der Waals surface area contributed by atoms with E-state index < -0.39 is 41.6 Å². The van der Waals surface area contributed by atoms with Gasteiger partial charge in [0.1, 0.15) is 0 Å². The molecule has 0 amide bonds. The number of halogens is 6. The van der Waals surface area contributed by atoms with E-state index >= 15 is 0 Å². The number of rotatable bonds is 3. The first kappa shape index (κ1) is 14.1. The van der Waals surface area contributed by atoms with E-state index in [4.69, 9.17) is 5.11 Å². The average molecular weight is 275 g/mol. The first-order valence-electron chi connectivity index (χ1n) is 4.09. The summed E-state index contributed by atoms with van der Waals surface area (Å²) >= 11 is 0. The van der Waals surface area contributed by atoms with Crippen LogP contribution in [-0.2, 0) is 0 Å². The molecule has 4 nitrogen and oxygen atoms in total. The number of carboxylic acids is 1. The molecule has 0 aliphatic heterocycles. The van der Waals surface area contributed by atoms with Gasteiger partial charge in [0.15, 0.2) is 11.3 Å². The van der Waals surface area contributed by atoms with Gasteiger partial charge in [-0.1, -0.05) is 0 Å². The molecule has 1 aromatic heterocycles. The van der Waals surface area contributed by atoms with Crippen LogP contribution in [0, 0.1) is 5.95 Å². The maximum atomic E-state index is 12.9. The first-order valence-corrected chi connectivity index (χ1v) is 4.09. The summed E-state index contributed by atoms with van der Waals surface area (Å²) in [5.74, 6) is -5.87. The van der Waals surface area contributed by atoms with Gasteiger partial charge in [0, 0.05) is 6.20 Å². The van der Waals surface area contributed by atoms with Gasteiger partial charge >= 0.3 is 12.3 Å². The number of pyridine rings is 1. The largest absolute Gasteiger partial charge is 0.573 e. The summed E-state index contributed by atoms with van der Waals surface area (Å²) in [6.07, 6.45) is -8.87. The van der Waals surface area contributed by atoms with Crippen molar-refractivity contribution in [2.75, 3.05) is 0 Å². The summed E-state index contributed by atoms with van der Waals surface area (Å²) in [4.78, 5) is 13.2. The molecule has 10 heteroatoms. The summed E-state index contributed by atoms with van der Waals surface area (Å²) in [6, 6.07) is 0. The highest BCUT2D eigenvalue weighted by Gasteiger charge is 2.37. The molecule has 18 heavy (non-hydrogen) atoms. The zero-order chi connectivity index (χ0) is 14.1. The second kappa shape index (κ2) is 4.70. The highest BCUT2D eigenvalue weighted by atomic mass is 19.4. The lowest BCUT2D eigenvalue weighted by Gasteiger charge is -2.14. The zero-order valence-corrected chi connectivity index (χ0v) is 8.13. The van der Waals surface area contributed by atoms with E-state index in [-0.39, 0.29) is 6.20 Å². The minimum absolute atomic E-state index is 0.0769. The third-order valence-electron chi connectivity index (χ3n) is 1.68. The maximum Gasteiger partial charge on any atom is 0.573 e. The molecule has 1 N–H and O–H groups in total. The van der Waals surface area contributed by atoms with Crippen molar-refractivity contribution in [3.05, 3.63) is 23.3 Å². The number of alkyl halides is 5. The standard InChI is InChI=1S/C8H3F6NO3/c9-5(10)2-1-15-6(11)3(7(16)17)4(2)18-8(12,13)14/h1,5H,(H,16,17). The Hall–Kier alpha value is -2.00. The van der Waals surface area contributed by atoms with Crippen LogP contribution in [0.25, 0.3) is 0 Å². The normalized spacial score (nSPS) is 11.7. The lowest BCUT2D eigenvalue weighted by molar-refractivity contribution is -0.275. The van der Waals surface area contributed by atoms with E-state index in [1.54, 1.807) is 0 Å². The lowest BCUT2D eigenvalue weighted by atomic mass is 10.1. The number of hydrogen-bond acceptors (Lipinski definition) is 3. The summed E-state index contributed by atoms with van der Waals surface area (Å²) in [5, 5.41) is 8.48. The molecular weight excluding hydrogens is 272 g/mol. The maximum absolute atomic E-state index is 12.9. The number of aromatic carboxylic acids is 1. The van der Waals surface area contributed by atoms with Crippen LogP contribution in [-0.4, -0.2) is 22.4 Å². The highest BCUT2D eigenvalue weighted by molar-refractivity contribution is 5.91. The van der Waals surface area contributed by atoms with E-state index in [2.05, 4.69) is 9.72 Å². The van der Waals surface area contributed by atoms with Gasteiger partial charge in [-0.3, -0.25) is 0 Å². The molecule has 0 aliphatic carbocycles. The predicted octanol–water partition coefficient (Wildman–Crippen LogP) is 2.76. The van der Waals surface area contributed by atoms with Crippen molar-refractivity contribution in [3.8, 4) is 5.75 Å². The first-order chi connectivity index (χ1) is 8.13. The third-order valence-corrected chi connectivity index (χ3v) is 1.68. The van der Waals surface area contributed by atoms with Crippen molar-refractivity contribution in [1.29, 1.82) is 0 Å². The van der Waals surface area contributed by atoms with Crippen molar-refractivity contribution in [2.45, 2.75) is 12.8 Å². The predicted molar refractivity (Wildman–Crippen MR) is 42.8 cm³/mol. The fourth-order valence-corrected chi connectivity index (χ4v) is 1.05. The van der Waals surface area contributed by atoms with Crippen LogP contribution in [0.4, 0.5) is 26.3 Å². The van der Waals surface area contributed by atoms with Crippen molar-refractivity contribution in [1.82, 2.24) is 4.98 Å². The second-order valence-corrected chi connectivity index (χ2v) is 2.86. The number of nitrogens with zero attached hydrogens (tertiary/aromatic N) is 1. The smallest absolute Gasteiger partial charge is 0.477 e. The molecule has 0 aliphatic rings. The SMILES string of the molecule is O=C(O)c1c(F)ncc(C(F)F)c1OC(F)(F)F. The van der Waals surface area contributed by atoms with E-state index in [0.717, 1.165) is 0 Å². The molecule has 0 unspecified atom stereocenters. The fourth-order valence-electron chi connectivity index (χ4n) is 1.05. The van der Waals surface area contributed by atoms with Gasteiger partial charge in [0.05, 0.1) is 5.56 Å². The molecule has 0 bridgehead atoms. The molecule has 0 saturated carbocycles. The van der Waals surface area contributed by atoms with Crippen LogP contribution < -0.4 is 4.74 Å².